The van der Waals surface area contributed by atoms with Gasteiger partial charge >= 0.3 is 5.69 Å². The molecule has 0 aliphatic carbocycles. The fraction of sp³-hybridized carbons (Fsp3) is 0.333. The Bertz CT molecular complexity index is 1390. The van der Waals surface area contributed by atoms with E-state index in [1.54, 1.807) is 37.3 Å². The van der Waals surface area contributed by atoms with Crippen molar-refractivity contribution in [3.05, 3.63) is 64.6 Å². The van der Waals surface area contributed by atoms with E-state index in [-0.39, 0.29) is 17.4 Å². The molecule has 1 saturated heterocycles. The Kier molecular flexibility index (Phi) is 6.69. The number of aromatic amines is 2. The van der Waals surface area contributed by atoms with Crippen LogP contribution in [0.15, 0.2) is 52.4 Å². The number of aromatic nitrogens is 5. The average Bonchev–Trinajstić information content (AvgIpc) is 3.42. The first-order valence-electron chi connectivity index (χ1n) is 11.6. The van der Waals surface area contributed by atoms with Crippen LogP contribution in [-0.2, 0) is 11.3 Å². The number of fused-ring (bicyclic) bond motifs is 1. The number of thioether (sulfide) groups is 1. The molecule has 0 bridgehead atoms. The van der Waals surface area contributed by atoms with Crippen LogP contribution >= 0.6 is 11.8 Å². The van der Waals surface area contributed by atoms with E-state index in [1.165, 1.54) is 30.3 Å². The van der Waals surface area contributed by atoms with Gasteiger partial charge in [0.15, 0.2) is 11.0 Å². The van der Waals surface area contributed by atoms with Crippen LogP contribution in [0, 0.1) is 5.82 Å². The standard InChI is InChI=1S/C24H26FN7O2S/c1-15(22(33)26-17-7-10-19-20(13-17)28-23(34)27-19)35-24-30-29-21(14-31-11-3-2-4-12-31)32(24)18-8-5-16(25)6-9-18/h5-10,13,15H,2-4,11-12,14H2,1H3,(H,26,33)(H2,27,28,34). The van der Waals surface area contributed by atoms with Crippen LogP contribution in [0.2, 0.25) is 0 Å². The van der Waals surface area contributed by atoms with Crippen LogP contribution in [0.5, 0.6) is 0 Å². The molecule has 0 radical (unpaired) electrons. The highest BCUT2D eigenvalue weighted by Gasteiger charge is 2.23. The average molecular weight is 496 g/mol. The van der Waals surface area contributed by atoms with Crippen LogP contribution in [0.25, 0.3) is 16.7 Å². The minimum Gasteiger partial charge on any atom is -0.325 e. The van der Waals surface area contributed by atoms with Gasteiger partial charge in [0.25, 0.3) is 0 Å². The Morgan fingerprint density at radius 1 is 1.09 bits per heavy atom. The van der Waals surface area contributed by atoms with Crippen LogP contribution < -0.4 is 11.0 Å². The molecular weight excluding hydrogens is 469 g/mol. The summed E-state index contributed by atoms with van der Waals surface area (Å²) < 4.78 is 15.5. The third-order valence-electron chi connectivity index (χ3n) is 6.03. The molecule has 35 heavy (non-hydrogen) atoms. The van der Waals surface area contributed by atoms with E-state index in [9.17, 15) is 14.0 Å². The summed E-state index contributed by atoms with van der Waals surface area (Å²) in [7, 11) is 0. The number of rotatable bonds is 7. The van der Waals surface area contributed by atoms with E-state index in [0.717, 1.165) is 37.4 Å². The number of halogens is 1. The number of piperidine rings is 1. The fourth-order valence-corrected chi connectivity index (χ4v) is 5.10. The van der Waals surface area contributed by atoms with Crippen molar-refractivity contribution in [1.82, 2.24) is 29.6 Å². The number of nitrogens with zero attached hydrogens (tertiary/aromatic N) is 4. The highest BCUT2D eigenvalue weighted by Crippen LogP contribution is 2.28. The lowest BCUT2D eigenvalue weighted by Gasteiger charge is -2.26. The summed E-state index contributed by atoms with van der Waals surface area (Å²) in [5, 5.41) is 11.8. The number of anilines is 1. The van der Waals surface area contributed by atoms with Crippen molar-refractivity contribution in [3.8, 4) is 5.69 Å². The first kappa shape index (κ1) is 23.3. The number of amides is 1. The van der Waals surface area contributed by atoms with Crippen molar-refractivity contribution in [2.45, 2.75) is 43.1 Å². The number of carbonyl (C=O) groups is 1. The molecule has 9 nitrogen and oxygen atoms in total. The zero-order chi connectivity index (χ0) is 24.4. The van der Waals surface area contributed by atoms with Gasteiger partial charge < -0.3 is 15.3 Å². The van der Waals surface area contributed by atoms with Crippen LogP contribution in [-0.4, -0.2) is 53.9 Å². The van der Waals surface area contributed by atoms with E-state index >= 15 is 0 Å². The highest BCUT2D eigenvalue weighted by atomic mass is 32.2. The Morgan fingerprint density at radius 3 is 2.60 bits per heavy atom. The summed E-state index contributed by atoms with van der Waals surface area (Å²) in [5.41, 5.74) is 2.32. The van der Waals surface area contributed by atoms with Gasteiger partial charge in [-0.3, -0.25) is 14.3 Å². The molecule has 0 saturated carbocycles. The molecule has 1 amide bonds. The van der Waals surface area contributed by atoms with E-state index in [1.807, 2.05) is 4.57 Å². The molecule has 1 fully saturated rings. The second-order valence-electron chi connectivity index (χ2n) is 8.64. The van der Waals surface area contributed by atoms with E-state index in [2.05, 4.69) is 30.4 Å². The van der Waals surface area contributed by atoms with E-state index in [0.29, 0.717) is 28.4 Å². The Hall–Kier alpha value is -3.44. The molecule has 0 spiro atoms. The maximum atomic E-state index is 13.6. The zero-order valence-electron chi connectivity index (χ0n) is 19.3. The van der Waals surface area contributed by atoms with Crippen LogP contribution in [0.3, 0.4) is 0 Å². The molecule has 1 atom stereocenters. The number of hydrogen-bond donors (Lipinski definition) is 3. The molecule has 5 rings (SSSR count). The number of carbonyl (C=O) groups excluding carboxylic acids is 1. The van der Waals surface area contributed by atoms with Gasteiger partial charge in [0, 0.05) is 11.4 Å². The molecule has 2 aromatic carbocycles. The van der Waals surface area contributed by atoms with Crippen LogP contribution in [0.1, 0.15) is 32.0 Å². The van der Waals surface area contributed by atoms with Gasteiger partial charge in [-0.25, -0.2) is 9.18 Å². The van der Waals surface area contributed by atoms with Gasteiger partial charge in [0.05, 0.1) is 22.8 Å². The Morgan fingerprint density at radius 2 is 1.83 bits per heavy atom. The largest absolute Gasteiger partial charge is 0.325 e. The summed E-state index contributed by atoms with van der Waals surface area (Å²) in [6.07, 6.45) is 3.56. The second-order valence-corrected chi connectivity index (χ2v) is 9.94. The van der Waals surface area contributed by atoms with Crippen molar-refractivity contribution in [2.24, 2.45) is 0 Å². The molecule has 1 unspecified atom stereocenters. The predicted molar refractivity (Wildman–Crippen MR) is 133 cm³/mol. The molecule has 182 valence electrons. The van der Waals surface area contributed by atoms with Crippen molar-refractivity contribution < 1.29 is 9.18 Å². The summed E-state index contributed by atoms with van der Waals surface area (Å²) in [6, 6.07) is 11.4. The molecule has 11 heteroatoms. The van der Waals surface area contributed by atoms with Gasteiger partial charge in [0.1, 0.15) is 5.82 Å². The maximum Gasteiger partial charge on any atom is 0.323 e. The van der Waals surface area contributed by atoms with Crippen molar-refractivity contribution in [3.63, 3.8) is 0 Å². The zero-order valence-corrected chi connectivity index (χ0v) is 20.1. The maximum absolute atomic E-state index is 13.6. The second kappa shape index (κ2) is 10.0. The Labute approximate surface area is 205 Å². The molecular formula is C24H26FN7O2S. The van der Waals surface area contributed by atoms with Crippen molar-refractivity contribution >= 4 is 34.4 Å². The molecule has 2 aromatic heterocycles. The van der Waals surface area contributed by atoms with Crippen LogP contribution in [0.4, 0.5) is 10.1 Å². The first-order chi connectivity index (χ1) is 17.0. The number of nitrogens with one attached hydrogen (secondary N) is 3. The first-order valence-corrected chi connectivity index (χ1v) is 12.5. The van der Waals surface area contributed by atoms with Gasteiger partial charge in [0.2, 0.25) is 5.91 Å². The summed E-state index contributed by atoms with van der Waals surface area (Å²) in [5.74, 6) is 0.232. The number of hydrogen-bond acceptors (Lipinski definition) is 6. The molecule has 4 aromatic rings. The summed E-state index contributed by atoms with van der Waals surface area (Å²) in [6.45, 7) is 4.45. The third kappa shape index (κ3) is 5.30. The number of likely N-dealkylation sites (tertiary alicyclic amines) is 1. The van der Waals surface area contributed by atoms with Gasteiger partial charge in [-0.15, -0.1) is 10.2 Å². The smallest absolute Gasteiger partial charge is 0.323 e. The third-order valence-corrected chi connectivity index (χ3v) is 7.08. The number of imidazole rings is 1. The lowest BCUT2D eigenvalue weighted by Crippen LogP contribution is -2.30. The number of H-pyrrole nitrogens is 2. The SMILES string of the molecule is CC(Sc1nnc(CN2CCCCC2)n1-c1ccc(F)cc1)C(=O)Nc1ccc2[nH]c(=O)[nH]c2c1. The molecule has 1 aliphatic rings. The predicted octanol–water partition coefficient (Wildman–Crippen LogP) is 3.68. The van der Waals surface area contributed by atoms with Gasteiger partial charge in [-0.1, -0.05) is 18.2 Å². The minimum absolute atomic E-state index is 0.210. The molecule has 3 heterocycles. The van der Waals surface area contributed by atoms with E-state index < -0.39 is 5.25 Å². The fourth-order valence-electron chi connectivity index (χ4n) is 4.21. The quantitative estimate of drug-likeness (QED) is 0.337. The molecule has 3 N–H and O–H groups in total. The van der Waals surface area contributed by atoms with Crippen molar-refractivity contribution in [2.75, 3.05) is 18.4 Å². The van der Waals surface area contributed by atoms with Gasteiger partial charge in [-0.05, 0) is 75.3 Å². The van der Waals surface area contributed by atoms with Crippen molar-refractivity contribution in [1.29, 1.82) is 0 Å². The minimum atomic E-state index is -0.484. The normalized spacial score (nSPS) is 15.4. The highest BCUT2D eigenvalue weighted by molar-refractivity contribution is 8.00. The van der Waals surface area contributed by atoms with E-state index in [4.69, 9.17) is 0 Å². The van der Waals surface area contributed by atoms with Gasteiger partial charge in [-0.2, -0.15) is 0 Å². The Balaban J connectivity index is 1.36. The summed E-state index contributed by atoms with van der Waals surface area (Å²) >= 11 is 1.29. The lowest BCUT2D eigenvalue weighted by molar-refractivity contribution is -0.115. The summed E-state index contributed by atoms with van der Waals surface area (Å²) in [4.78, 5) is 32.1. The number of benzene rings is 2. The monoisotopic (exact) mass is 495 g/mol. The molecule has 1 aliphatic heterocycles. The topological polar surface area (TPSA) is 112 Å². The lowest BCUT2D eigenvalue weighted by atomic mass is 10.1.